The van der Waals surface area contributed by atoms with Gasteiger partial charge in [0.05, 0.1) is 6.54 Å². The maximum absolute atomic E-state index is 10.2. The number of nitrogens with one attached hydrogen (secondary N) is 1. The minimum absolute atomic E-state index is 0. The van der Waals surface area contributed by atoms with E-state index in [2.05, 4.69) is 44.1 Å². The summed E-state index contributed by atoms with van der Waals surface area (Å²) < 4.78 is 0. The fraction of sp³-hybridized carbons (Fsp3) is 0.533. The van der Waals surface area contributed by atoms with E-state index < -0.39 is 0 Å². The SMILES string of the molecule is Cc1cc(C(C)(C)C)c(O)cc1CC1=NCCN1.Cl. The highest BCUT2D eigenvalue weighted by atomic mass is 35.5. The third-order valence-corrected chi connectivity index (χ3v) is 3.36. The van der Waals surface area contributed by atoms with Crippen LogP contribution in [0.2, 0.25) is 0 Å². The van der Waals surface area contributed by atoms with Crippen molar-refractivity contribution in [2.24, 2.45) is 4.99 Å². The largest absolute Gasteiger partial charge is 0.508 e. The molecule has 0 saturated carbocycles. The zero-order chi connectivity index (χ0) is 13.3. The summed E-state index contributed by atoms with van der Waals surface area (Å²) >= 11 is 0. The summed E-state index contributed by atoms with van der Waals surface area (Å²) in [4.78, 5) is 4.40. The van der Waals surface area contributed by atoms with Crippen LogP contribution >= 0.6 is 12.4 Å². The number of phenolic OH excluding ortho intramolecular Hbond substituents is 1. The molecule has 0 aromatic heterocycles. The second kappa shape index (κ2) is 5.83. The molecular formula is C15H23ClN2O. The molecule has 0 bridgehead atoms. The molecule has 1 aromatic carbocycles. The van der Waals surface area contributed by atoms with E-state index >= 15 is 0 Å². The van der Waals surface area contributed by atoms with Gasteiger partial charge in [0.25, 0.3) is 0 Å². The maximum atomic E-state index is 10.2. The average Bonchev–Trinajstić information content (AvgIpc) is 2.74. The molecule has 0 saturated heterocycles. The molecule has 4 heteroatoms. The summed E-state index contributed by atoms with van der Waals surface area (Å²) in [5.74, 6) is 1.42. The van der Waals surface area contributed by atoms with Crippen molar-refractivity contribution in [2.45, 2.75) is 39.5 Å². The van der Waals surface area contributed by atoms with Crippen LogP contribution in [0.1, 0.15) is 37.5 Å². The number of aromatic hydroxyl groups is 1. The molecule has 0 radical (unpaired) electrons. The van der Waals surface area contributed by atoms with E-state index in [1.54, 1.807) is 0 Å². The molecule has 3 nitrogen and oxygen atoms in total. The number of hydrogen-bond donors (Lipinski definition) is 2. The number of nitrogens with zero attached hydrogens (tertiary/aromatic N) is 1. The van der Waals surface area contributed by atoms with Crippen molar-refractivity contribution in [3.05, 3.63) is 28.8 Å². The van der Waals surface area contributed by atoms with Crippen LogP contribution in [0.25, 0.3) is 0 Å². The normalized spacial score (nSPS) is 14.6. The molecule has 2 rings (SSSR count). The van der Waals surface area contributed by atoms with Gasteiger partial charge < -0.3 is 10.4 Å². The third kappa shape index (κ3) is 3.63. The monoisotopic (exact) mass is 282 g/mol. The molecule has 106 valence electrons. The summed E-state index contributed by atoms with van der Waals surface area (Å²) in [7, 11) is 0. The number of amidine groups is 1. The Hall–Kier alpha value is -1.22. The van der Waals surface area contributed by atoms with Gasteiger partial charge in [-0.1, -0.05) is 26.8 Å². The summed E-state index contributed by atoms with van der Waals surface area (Å²) in [5, 5.41) is 13.4. The van der Waals surface area contributed by atoms with Gasteiger partial charge in [-0.2, -0.15) is 0 Å². The Bertz CT molecular complexity index is 490. The molecule has 1 aliphatic rings. The molecule has 0 amide bonds. The molecule has 1 aliphatic heterocycles. The quantitative estimate of drug-likeness (QED) is 0.876. The van der Waals surface area contributed by atoms with E-state index in [4.69, 9.17) is 0 Å². The highest BCUT2D eigenvalue weighted by molar-refractivity contribution is 5.86. The molecule has 19 heavy (non-hydrogen) atoms. The molecular weight excluding hydrogens is 260 g/mol. The van der Waals surface area contributed by atoms with E-state index in [-0.39, 0.29) is 17.8 Å². The van der Waals surface area contributed by atoms with Crippen LogP contribution in [-0.2, 0) is 11.8 Å². The van der Waals surface area contributed by atoms with Gasteiger partial charge in [0, 0.05) is 13.0 Å². The molecule has 1 aromatic rings. The number of halogens is 1. The lowest BCUT2D eigenvalue weighted by Crippen LogP contribution is -2.21. The molecule has 0 fully saturated rings. The second-order valence-corrected chi connectivity index (χ2v) is 5.98. The zero-order valence-corrected chi connectivity index (χ0v) is 12.9. The number of benzene rings is 1. The van der Waals surface area contributed by atoms with Crippen LogP contribution in [0.5, 0.6) is 5.75 Å². The van der Waals surface area contributed by atoms with Crippen LogP contribution in [0, 0.1) is 6.92 Å². The lowest BCUT2D eigenvalue weighted by molar-refractivity contribution is 0.446. The van der Waals surface area contributed by atoms with Gasteiger partial charge >= 0.3 is 0 Å². The van der Waals surface area contributed by atoms with Crippen molar-refractivity contribution in [2.75, 3.05) is 13.1 Å². The first-order valence-electron chi connectivity index (χ1n) is 6.48. The van der Waals surface area contributed by atoms with E-state index in [0.29, 0.717) is 5.75 Å². The Kier molecular flexibility index (Phi) is 4.86. The zero-order valence-electron chi connectivity index (χ0n) is 12.1. The smallest absolute Gasteiger partial charge is 0.119 e. The Labute approximate surface area is 121 Å². The van der Waals surface area contributed by atoms with Gasteiger partial charge in [-0.25, -0.2) is 0 Å². The summed E-state index contributed by atoms with van der Waals surface area (Å²) in [6.07, 6.45) is 0.782. The van der Waals surface area contributed by atoms with Crippen LogP contribution < -0.4 is 5.32 Å². The fourth-order valence-electron chi connectivity index (χ4n) is 2.28. The Morgan fingerprint density at radius 2 is 2.00 bits per heavy atom. The predicted octanol–water partition coefficient (Wildman–Crippen LogP) is 2.96. The topological polar surface area (TPSA) is 44.6 Å². The van der Waals surface area contributed by atoms with Crippen molar-refractivity contribution in [3.8, 4) is 5.75 Å². The van der Waals surface area contributed by atoms with Crippen LogP contribution in [0.4, 0.5) is 0 Å². The summed E-state index contributed by atoms with van der Waals surface area (Å²) in [6, 6.07) is 3.98. The Morgan fingerprint density at radius 3 is 2.53 bits per heavy atom. The van der Waals surface area contributed by atoms with E-state index in [0.717, 1.165) is 36.5 Å². The van der Waals surface area contributed by atoms with E-state index in [9.17, 15) is 5.11 Å². The lowest BCUT2D eigenvalue weighted by Gasteiger charge is -2.22. The molecule has 0 unspecified atom stereocenters. The molecule has 2 N–H and O–H groups in total. The van der Waals surface area contributed by atoms with Crippen LogP contribution in [-0.4, -0.2) is 24.0 Å². The van der Waals surface area contributed by atoms with Gasteiger partial charge in [0.1, 0.15) is 11.6 Å². The number of phenols is 1. The third-order valence-electron chi connectivity index (χ3n) is 3.36. The molecule has 0 aliphatic carbocycles. The summed E-state index contributed by atoms with van der Waals surface area (Å²) in [6.45, 7) is 10.2. The first-order chi connectivity index (χ1) is 8.38. The highest BCUT2D eigenvalue weighted by Crippen LogP contribution is 2.33. The Balaban J connectivity index is 0.00000180. The first-order valence-corrected chi connectivity index (χ1v) is 6.48. The van der Waals surface area contributed by atoms with Crippen molar-refractivity contribution in [1.29, 1.82) is 0 Å². The van der Waals surface area contributed by atoms with Gasteiger partial charge in [-0.15, -0.1) is 12.4 Å². The number of aliphatic imine (C=N–C) groups is 1. The second-order valence-electron chi connectivity index (χ2n) is 5.98. The number of rotatable bonds is 2. The average molecular weight is 283 g/mol. The highest BCUT2D eigenvalue weighted by Gasteiger charge is 2.20. The minimum atomic E-state index is -0.0313. The predicted molar refractivity (Wildman–Crippen MR) is 82.8 cm³/mol. The van der Waals surface area contributed by atoms with Crippen LogP contribution in [0.3, 0.4) is 0 Å². The minimum Gasteiger partial charge on any atom is -0.508 e. The van der Waals surface area contributed by atoms with Gasteiger partial charge in [-0.05, 0) is 35.1 Å². The van der Waals surface area contributed by atoms with Crippen LogP contribution in [0.15, 0.2) is 17.1 Å². The molecule has 0 spiro atoms. The van der Waals surface area contributed by atoms with Crippen molar-refractivity contribution in [3.63, 3.8) is 0 Å². The standard InChI is InChI=1S/C15H22N2O.ClH/c1-10-7-12(15(2,3)4)13(18)8-11(10)9-14-16-5-6-17-14;/h7-8,18H,5-6,9H2,1-4H3,(H,16,17);1H. The molecule has 1 heterocycles. The maximum Gasteiger partial charge on any atom is 0.119 e. The van der Waals surface area contributed by atoms with Crippen molar-refractivity contribution >= 4 is 18.2 Å². The summed E-state index contributed by atoms with van der Waals surface area (Å²) in [5.41, 5.74) is 3.34. The van der Waals surface area contributed by atoms with E-state index in [1.807, 2.05) is 6.07 Å². The van der Waals surface area contributed by atoms with Crippen molar-refractivity contribution < 1.29 is 5.11 Å². The first kappa shape index (κ1) is 15.8. The number of hydrogen-bond acceptors (Lipinski definition) is 3. The van der Waals surface area contributed by atoms with Gasteiger partial charge in [0.2, 0.25) is 0 Å². The van der Waals surface area contributed by atoms with Gasteiger partial charge in [-0.3, -0.25) is 4.99 Å². The Morgan fingerprint density at radius 1 is 1.32 bits per heavy atom. The van der Waals surface area contributed by atoms with E-state index in [1.165, 1.54) is 5.56 Å². The molecule has 0 atom stereocenters. The van der Waals surface area contributed by atoms with Crippen molar-refractivity contribution in [1.82, 2.24) is 5.32 Å². The number of aryl methyl sites for hydroxylation is 1. The lowest BCUT2D eigenvalue weighted by atomic mass is 9.84. The fourth-order valence-corrected chi connectivity index (χ4v) is 2.28. The van der Waals surface area contributed by atoms with Gasteiger partial charge in [0.15, 0.2) is 0 Å².